The second-order valence-electron chi connectivity index (χ2n) is 4.45. The molecule has 2 heterocycles. The van der Waals surface area contributed by atoms with Gasteiger partial charge in [0, 0.05) is 22.9 Å². The number of nitrogens with zero attached hydrogens (tertiary/aromatic N) is 1. The lowest BCUT2D eigenvalue weighted by Gasteiger charge is -2.32. The molecule has 1 fully saturated rings. The van der Waals surface area contributed by atoms with Crippen LogP contribution in [0.3, 0.4) is 0 Å². The van der Waals surface area contributed by atoms with Crippen LogP contribution >= 0.6 is 39.7 Å². The zero-order valence-corrected chi connectivity index (χ0v) is 13.5. The standard InChI is InChI=1S/C12H17BrN2OS.ClH/c1-14-6-9-3-2-4-15(7-9)12(16)11-5-10(13)8-17-11;/h5,8-9,14H,2-4,6-7H2,1H3;1H. The maximum absolute atomic E-state index is 12.3. The van der Waals surface area contributed by atoms with Crippen molar-refractivity contribution in [2.24, 2.45) is 5.92 Å². The summed E-state index contributed by atoms with van der Waals surface area (Å²) in [5.41, 5.74) is 0. The first-order chi connectivity index (χ1) is 8.20. The highest BCUT2D eigenvalue weighted by Crippen LogP contribution is 2.24. The van der Waals surface area contributed by atoms with Crippen molar-refractivity contribution in [2.45, 2.75) is 12.8 Å². The third kappa shape index (κ3) is 3.95. The SMILES string of the molecule is CNCC1CCCN(C(=O)c2cc(Br)cs2)C1.Cl. The lowest BCUT2D eigenvalue weighted by molar-refractivity contribution is 0.0679. The van der Waals surface area contributed by atoms with Crippen molar-refractivity contribution in [2.75, 3.05) is 26.7 Å². The molecule has 0 radical (unpaired) electrons. The van der Waals surface area contributed by atoms with Crippen molar-refractivity contribution >= 4 is 45.6 Å². The van der Waals surface area contributed by atoms with E-state index in [9.17, 15) is 4.79 Å². The van der Waals surface area contributed by atoms with Gasteiger partial charge < -0.3 is 10.2 Å². The number of hydrogen-bond donors (Lipinski definition) is 1. The van der Waals surface area contributed by atoms with E-state index in [1.807, 2.05) is 23.4 Å². The Morgan fingerprint density at radius 3 is 3.06 bits per heavy atom. The summed E-state index contributed by atoms with van der Waals surface area (Å²) in [6, 6.07) is 1.91. The van der Waals surface area contributed by atoms with Crippen molar-refractivity contribution in [3.05, 3.63) is 20.8 Å². The Bertz CT molecular complexity index is 397. The summed E-state index contributed by atoms with van der Waals surface area (Å²) in [6.07, 6.45) is 2.34. The number of thiophene rings is 1. The summed E-state index contributed by atoms with van der Waals surface area (Å²) in [6.45, 7) is 2.78. The van der Waals surface area contributed by atoms with Crippen LogP contribution in [-0.4, -0.2) is 37.5 Å². The van der Waals surface area contributed by atoms with Crippen LogP contribution in [0, 0.1) is 5.92 Å². The number of carbonyl (C=O) groups excluding carboxylic acids is 1. The van der Waals surface area contributed by atoms with Crippen molar-refractivity contribution in [3.8, 4) is 0 Å². The zero-order valence-electron chi connectivity index (χ0n) is 10.3. The van der Waals surface area contributed by atoms with Gasteiger partial charge >= 0.3 is 0 Å². The summed E-state index contributed by atoms with van der Waals surface area (Å²) in [5, 5.41) is 5.16. The molecule has 1 amide bonds. The van der Waals surface area contributed by atoms with E-state index in [1.165, 1.54) is 17.8 Å². The summed E-state index contributed by atoms with van der Waals surface area (Å²) in [7, 11) is 1.97. The van der Waals surface area contributed by atoms with E-state index in [2.05, 4.69) is 21.2 Å². The van der Waals surface area contributed by atoms with E-state index < -0.39 is 0 Å². The molecule has 1 aromatic heterocycles. The third-order valence-corrected chi connectivity index (χ3v) is 4.76. The molecule has 0 spiro atoms. The van der Waals surface area contributed by atoms with Gasteiger partial charge in [0.15, 0.2) is 0 Å². The molecule has 1 aromatic rings. The second kappa shape index (κ2) is 7.48. The summed E-state index contributed by atoms with van der Waals surface area (Å²) >= 11 is 4.90. The summed E-state index contributed by atoms with van der Waals surface area (Å²) in [4.78, 5) is 15.1. The minimum atomic E-state index is 0. The fourth-order valence-electron chi connectivity index (χ4n) is 2.29. The minimum Gasteiger partial charge on any atom is -0.338 e. The van der Waals surface area contributed by atoms with Gasteiger partial charge in [-0.1, -0.05) is 0 Å². The van der Waals surface area contributed by atoms with Gasteiger partial charge in [-0.3, -0.25) is 4.79 Å². The van der Waals surface area contributed by atoms with E-state index in [1.54, 1.807) is 0 Å². The highest BCUT2D eigenvalue weighted by molar-refractivity contribution is 9.10. The molecule has 1 unspecified atom stereocenters. The van der Waals surface area contributed by atoms with E-state index in [0.29, 0.717) is 5.92 Å². The number of halogens is 2. The fraction of sp³-hybridized carbons (Fsp3) is 0.583. The zero-order chi connectivity index (χ0) is 12.3. The van der Waals surface area contributed by atoms with Crippen molar-refractivity contribution < 1.29 is 4.79 Å². The van der Waals surface area contributed by atoms with E-state index in [0.717, 1.165) is 35.4 Å². The highest BCUT2D eigenvalue weighted by atomic mass is 79.9. The number of carbonyl (C=O) groups is 1. The van der Waals surface area contributed by atoms with Gasteiger partial charge in [-0.2, -0.15) is 0 Å². The molecule has 1 saturated heterocycles. The lowest BCUT2D eigenvalue weighted by Crippen LogP contribution is -2.42. The van der Waals surface area contributed by atoms with Crippen molar-refractivity contribution in [1.82, 2.24) is 10.2 Å². The number of piperidine rings is 1. The predicted octanol–water partition coefficient (Wildman–Crippen LogP) is 3.00. The lowest BCUT2D eigenvalue weighted by atomic mass is 9.98. The van der Waals surface area contributed by atoms with Crippen LogP contribution in [-0.2, 0) is 0 Å². The maximum Gasteiger partial charge on any atom is 0.263 e. The predicted molar refractivity (Wildman–Crippen MR) is 81.8 cm³/mol. The van der Waals surface area contributed by atoms with Gasteiger partial charge in [0.2, 0.25) is 0 Å². The van der Waals surface area contributed by atoms with Crippen molar-refractivity contribution in [3.63, 3.8) is 0 Å². The van der Waals surface area contributed by atoms with Crippen LogP contribution in [0.5, 0.6) is 0 Å². The number of rotatable bonds is 3. The molecule has 3 nitrogen and oxygen atoms in total. The topological polar surface area (TPSA) is 32.3 Å². The van der Waals surface area contributed by atoms with Gasteiger partial charge in [0.05, 0.1) is 4.88 Å². The van der Waals surface area contributed by atoms with Gasteiger partial charge in [0.25, 0.3) is 5.91 Å². The van der Waals surface area contributed by atoms with Crippen LogP contribution < -0.4 is 5.32 Å². The van der Waals surface area contributed by atoms with Gasteiger partial charge in [0.1, 0.15) is 0 Å². The van der Waals surface area contributed by atoms with Gasteiger partial charge in [-0.15, -0.1) is 23.7 Å². The molecule has 0 saturated carbocycles. The maximum atomic E-state index is 12.3. The summed E-state index contributed by atoms with van der Waals surface area (Å²) < 4.78 is 0.995. The molecule has 0 aliphatic carbocycles. The first kappa shape index (κ1) is 16.0. The molecule has 1 aliphatic heterocycles. The fourth-order valence-corrected chi connectivity index (χ4v) is 3.68. The molecular weight excluding hydrogens is 336 g/mol. The van der Waals surface area contributed by atoms with Crippen LogP contribution in [0.4, 0.5) is 0 Å². The quantitative estimate of drug-likeness (QED) is 0.906. The molecule has 1 aliphatic rings. The first-order valence-electron chi connectivity index (χ1n) is 5.88. The first-order valence-corrected chi connectivity index (χ1v) is 7.56. The molecule has 1 N–H and O–H groups in total. The number of nitrogens with one attached hydrogen (secondary N) is 1. The average Bonchev–Trinajstić information content (AvgIpc) is 2.76. The van der Waals surface area contributed by atoms with E-state index in [4.69, 9.17) is 0 Å². The molecule has 6 heteroatoms. The van der Waals surface area contributed by atoms with E-state index >= 15 is 0 Å². The normalized spacial score (nSPS) is 19.4. The second-order valence-corrected chi connectivity index (χ2v) is 6.27. The number of likely N-dealkylation sites (tertiary alicyclic amines) is 1. The number of hydrogen-bond acceptors (Lipinski definition) is 3. The Hall–Kier alpha value is -0.100. The Morgan fingerprint density at radius 2 is 2.44 bits per heavy atom. The minimum absolute atomic E-state index is 0. The Balaban J connectivity index is 0.00000162. The molecule has 102 valence electrons. The highest BCUT2D eigenvalue weighted by Gasteiger charge is 2.24. The van der Waals surface area contributed by atoms with Crippen molar-refractivity contribution in [1.29, 1.82) is 0 Å². The Labute approximate surface area is 126 Å². The molecule has 1 atom stereocenters. The monoisotopic (exact) mass is 352 g/mol. The average molecular weight is 354 g/mol. The largest absolute Gasteiger partial charge is 0.338 e. The van der Waals surface area contributed by atoms with Crippen LogP contribution in [0.2, 0.25) is 0 Å². The molecule has 2 rings (SSSR count). The van der Waals surface area contributed by atoms with Gasteiger partial charge in [-0.25, -0.2) is 0 Å². The Kier molecular flexibility index (Phi) is 6.63. The van der Waals surface area contributed by atoms with Gasteiger partial charge in [-0.05, 0) is 54.3 Å². The Morgan fingerprint density at radius 1 is 1.67 bits per heavy atom. The summed E-state index contributed by atoms with van der Waals surface area (Å²) in [5.74, 6) is 0.780. The van der Waals surface area contributed by atoms with E-state index in [-0.39, 0.29) is 18.3 Å². The van der Waals surface area contributed by atoms with Crippen LogP contribution in [0.15, 0.2) is 15.9 Å². The smallest absolute Gasteiger partial charge is 0.263 e. The molecule has 0 aromatic carbocycles. The molecule has 0 bridgehead atoms. The third-order valence-electron chi connectivity index (χ3n) is 3.08. The number of amides is 1. The molecule has 18 heavy (non-hydrogen) atoms. The molecular formula is C12H18BrClN2OS. The van der Waals surface area contributed by atoms with Crippen LogP contribution in [0.1, 0.15) is 22.5 Å². The van der Waals surface area contributed by atoms with Crippen LogP contribution in [0.25, 0.3) is 0 Å².